The Morgan fingerprint density at radius 2 is 1.80 bits per heavy atom. The lowest BCUT2D eigenvalue weighted by Crippen LogP contribution is -2.42. The number of H-pyrrole nitrogens is 2. The molecular weight excluding hydrogens is 256 g/mol. The maximum Gasteiger partial charge on any atom is 0.270 e. The summed E-state index contributed by atoms with van der Waals surface area (Å²) in [5.74, 6) is 0. The summed E-state index contributed by atoms with van der Waals surface area (Å²) in [7, 11) is 0. The fourth-order valence-corrected chi connectivity index (χ4v) is 2.41. The van der Waals surface area contributed by atoms with E-state index in [9.17, 15) is 9.59 Å². The Balaban J connectivity index is 2.53. The Morgan fingerprint density at radius 1 is 1.15 bits per heavy atom. The van der Waals surface area contributed by atoms with Crippen LogP contribution in [0.2, 0.25) is 0 Å². The van der Waals surface area contributed by atoms with E-state index in [-0.39, 0.29) is 17.3 Å². The van der Waals surface area contributed by atoms with Gasteiger partial charge in [0, 0.05) is 12.2 Å². The maximum absolute atomic E-state index is 11.8. The first kappa shape index (κ1) is 14.3. The number of benzene rings is 1. The highest BCUT2D eigenvalue weighted by atomic mass is 16.1. The molecule has 0 spiro atoms. The average molecular weight is 276 g/mol. The Kier molecular flexibility index (Phi) is 4.24. The minimum atomic E-state index is -0.304. The van der Waals surface area contributed by atoms with E-state index in [1.807, 2.05) is 17.9 Å². The first-order chi connectivity index (χ1) is 9.58. The molecule has 2 rings (SSSR count). The van der Waals surface area contributed by atoms with Gasteiger partial charge >= 0.3 is 0 Å². The largest absolute Gasteiger partial charge is 0.356 e. The lowest BCUT2D eigenvalue weighted by atomic mass is 10.1. The van der Waals surface area contributed by atoms with Crippen LogP contribution < -0.4 is 21.8 Å². The molecular formula is C14H20N4O2. The summed E-state index contributed by atoms with van der Waals surface area (Å²) < 4.78 is 0. The number of aromatic nitrogens is 2. The second-order valence-corrected chi connectivity index (χ2v) is 4.78. The van der Waals surface area contributed by atoms with Gasteiger partial charge in [0.25, 0.3) is 11.1 Å². The third-order valence-corrected chi connectivity index (χ3v) is 3.44. The summed E-state index contributed by atoms with van der Waals surface area (Å²) >= 11 is 0. The van der Waals surface area contributed by atoms with Crippen LogP contribution in [0.1, 0.15) is 26.7 Å². The Bertz CT molecular complexity index is 704. The number of nitrogens with one attached hydrogen (secondary N) is 2. The zero-order chi connectivity index (χ0) is 14.7. The molecule has 108 valence electrons. The molecule has 0 aliphatic heterocycles. The summed E-state index contributed by atoms with van der Waals surface area (Å²) in [6.07, 6.45) is 1.77. The molecule has 1 atom stereocenters. The van der Waals surface area contributed by atoms with Crippen molar-refractivity contribution in [2.24, 2.45) is 5.73 Å². The Labute approximate surface area is 116 Å². The number of fused-ring (bicyclic) bond motifs is 1. The molecule has 20 heavy (non-hydrogen) atoms. The van der Waals surface area contributed by atoms with E-state index in [1.165, 1.54) is 0 Å². The molecule has 0 radical (unpaired) electrons. The van der Waals surface area contributed by atoms with Gasteiger partial charge in [-0.25, -0.2) is 0 Å². The maximum atomic E-state index is 11.8. The topological polar surface area (TPSA) is 95.0 Å². The fourth-order valence-electron chi connectivity index (χ4n) is 2.41. The van der Waals surface area contributed by atoms with Gasteiger partial charge in [-0.05, 0) is 31.5 Å². The van der Waals surface area contributed by atoms with Crippen LogP contribution in [-0.2, 0) is 0 Å². The second kappa shape index (κ2) is 5.92. The number of nitrogens with zero attached hydrogens (tertiary/aromatic N) is 1. The van der Waals surface area contributed by atoms with Crippen LogP contribution in [0.15, 0.2) is 27.8 Å². The van der Waals surface area contributed by atoms with E-state index in [0.29, 0.717) is 10.8 Å². The van der Waals surface area contributed by atoms with Crippen LogP contribution in [0.25, 0.3) is 10.8 Å². The number of rotatable bonds is 5. The van der Waals surface area contributed by atoms with Crippen LogP contribution in [0, 0.1) is 0 Å². The highest BCUT2D eigenvalue weighted by Crippen LogP contribution is 2.20. The molecule has 0 fully saturated rings. The van der Waals surface area contributed by atoms with Crippen LogP contribution in [0.3, 0.4) is 0 Å². The first-order valence-corrected chi connectivity index (χ1v) is 6.85. The van der Waals surface area contributed by atoms with Gasteiger partial charge in [-0.2, -0.15) is 0 Å². The number of nitrogens with two attached hydrogens (primary N) is 1. The summed E-state index contributed by atoms with van der Waals surface area (Å²) in [5.41, 5.74) is 6.41. The van der Waals surface area contributed by atoms with Gasteiger partial charge in [-0.1, -0.05) is 13.3 Å². The molecule has 0 amide bonds. The fraction of sp³-hybridized carbons (Fsp3) is 0.429. The van der Waals surface area contributed by atoms with Crippen molar-refractivity contribution in [3.8, 4) is 0 Å². The van der Waals surface area contributed by atoms with Crippen LogP contribution in [0.4, 0.5) is 5.69 Å². The minimum Gasteiger partial charge on any atom is -0.356 e. The molecule has 6 nitrogen and oxygen atoms in total. The predicted molar refractivity (Wildman–Crippen MR) is 81.1 cm³/mol. The molecule has 4 N–H and O–H groups in total. The van der Waals surface area contributed by atoms with Crippen LogP contribution in [-0.4, -0.2) is 22.9 Å². The summed E-state index contributed by atoms with van der Waals surface area (Å²) in [6.45, 7) is 4.84. The van der Waals surface area contributed by atoms with Crippen molar-refractivity contribution in [1.29, 1.82) is 0 Å². The van der Waals surface area contributed by atoms with E-state index in [4.69, 9.17) is 5.73 Å². The van der Waals surface area contributed by atoms with Gasteiger partial charge < -0.3 is 10.6 Å². The lowest BCUT2D eigenvalue weighted by Gasteiger charge is -2.29. The molecule has 1 aromatic heterocycles. The zero-order valence-corrected chi connectivity index (χ0v) is 11.8. The van der Waals surface area contributed by atoms with E-state index >= 15 is 0 Å². The van der Waals surface area contributed by atoms with E-state index in [1.54, 1.807) is 12.1 Å². The Morgan fingerprint density at radius 3 is 2.40 bits per heavy atom. The molecule has 0 saturated carbocycles. The normalized spacial score (nSPS) is 12.6. The van der Waals surface area contributed by atoms with Crippen molar-refractivity contribution >= 4 is 16.5 Å². The third-order valence-electron chi connectivity index (χ3n) is 3.44. The van der Waals surface area contributed by atoms with E-state index in [0.717, 1.165) is 25.1 Å². The molecule has 6 heteroatoms. The number of hydrogen-bond donors (Lipinski definition) is 3. The summed E-state index contributed by atoms with van der Waals surface area (Å²) in [6, 6.07) is 5.22. The van der Waals surface area contributed by atoms with E-state index < -0.39 is 0 Å². The molecule has 2 aromatic rings. The number of anilines is 1. The van der Waals surface area contributed by atoms with E-state index in [2.05, 4.69) is 17.1 Å². The zero-order valence-electron chi connectivity index (χ0n) is 11.8. The highest BCUT2D eigenvalue weighted by molar-refractivity contribution is 5.84. The van der Waals surface area contributed by atoms with Gasteiger partial charge in [0.05, 0.1) is 16.9 Å². The van der Waals surface area contributed by atoms with Gasteiger partial charge in [0.15, 0.2) is 0 Å². The predicted octanol–water partition coefficient (Wildman–Crippen LogP) is 1.13. The summed E-state index contributed by atoms with van der Waals surface area (Å²) in [5, 5.41) is 5.42. The molecule has 0 aliphatic rings. The van der Waals surface area contributed by atoms with Gasteiger partial charge in [0.1, 0.15) is 0 Å². The highest BCUT2D eigenvalue weighted by Gasteiger charge is 2.14. The van der Waals surface area contributed by atoms with Crippen molar-refractivity contribution in [3.05, 3.63) is 38.9 Å². The standard InChI is InChI=1S/C14H20N4O2/c1-3-5-12(15)18(4-2)9-6-7-10-11(8-9)14(20)17-16-13(10)19/h6-8,12H,3-5,15H2,1-2H3,(H,16,19)(H,17,20). The van der Waals surface area contributed by atoms with Crippen LogP contribution >= 0.6 is 0 Å². The van der Waals surface area contributed by atoms with Gasteiger partial charge in [0.2, 0.25) is 0 Å². The molecule has 1 aromatic carbocycles. The number of aromatic amines is 2. The minimum absolute atomic E-state index is 0.0940. The third kappa shape index (κ3) is 2.60. The molecule has 1 unspecified atom stereocenters. The summed E-state index contributed by atoms with van der Waals surface area (Å²) in [4.78, 5) is 25.5. The Hall–Kier alpha value is -2.08. The number of hydrogen-bond acceptors (Lipinski definition) is 4. The molecule has 0 bridgehead atoms. The SMILES string of the molecule is CCCC(N)N(CC)c1ccc2c(=O)[nH][nH]c(=O)c2c1. The monoisotopic (exact) mass is 276 g/mol. The van der Waals surface area contributed by atoms with Crippen molar-refractivity contribution in [2.75, 3.05) is 11.4 Å². The van der Waals surface area contributed by atoms with Crippen molar-refractivity contribution in [3.63, 3.8) is 0 Å². The van der Waals surface area contributed by atoms with Crippen molar-refractivity contribution in [2.45, 2.75) is 32.9 Å². The quantitative estimate of drug-likeness (QED) is 0.713. The van der Waals surface area contributed by atoms with Crippen molar-refractivity contribution in [1.82, 2.24) is 10.2 Å². The average Bonchev–Trinajstić information content (AvgIpc) is 2.44. The molecule has 1 heterocycles. The smallest absolute Gasteiger partial charge is 0.270 e. The van der Waals surface area contributed by atoms with Gasteiger partial charge in [-0.3, -0.25) is 19.8 Å². The second-order valence-electron chi connectivity index (χ2n) is 4.78. The molecule has 0 aliphatic carbocycles. The van der Waals surface area contributed by atoms with Crippen molar-refractivity contribution < 1.29 is 0 Å². The lowest BCUT2D eigenvalue weighted by molar-refractivity contribution is 0.569. The first-order valence-electron chi connectivity index (χ1n) is 6.85. The van der Waals surface area contributed by atoms with Gasteiger partial charge in [-0.15, -0.1) is 0 Å². The van der Waals surface area contributed by atoms with Crippen LogP contribution in [0.5, 0.6) is 0 Å². The molecule has 0 saturated heterocycles.